The van der Waals surface area contributed by atoms with Crippen molar-refractivity contribution in [2.45, 2.75) is 13.3 Å². The van der Waals surface area contributed by atoms with E-state index in [1.807, 2.05) is 37.3 Å². The molecule has 0 unspecified atom stereocenters. The van der Waals surface area contributed by atoms with Crippen molar-refractivity contribution in [3.63, 3.8) is 0 Å². The zero-order valence-corrected chi connectivity index (χ0v) is 16.0. The Bertz CT molecular complexity index is 975. The minimum atomic E-state index is -0.298. The third-order valence-electron chi connectivity index (χ3n) is 4.22. The third-order valence-corrected chi connectivity index (χ3v) is 4.22. The molecule has 0 saturated heterocycles. The largest absolute Gasteiger partial charge is 0.497 e. The molecular weight excluding hydrogens is 356 g/mol. The fourth-order valence-electron chi connectivity index (χ4n) is 2.73. The van der Waals surface area contributed by atoms with Crippen LogP contribution in [0.25, 0.3) is 0 Å². The Kier molecular flexibility index (Phi) is 6.06. The summed E-state index contributed by atoms with van der Waals surface area (Å²) in [7, 11) is 3.16. The van der Waals surface area contributed by atoms with Gasteiger partial charge >= 0.3 is 0 Å². The van der Waals surface area contributed by atoms with Gasteiger partial charge in [-0.15, -0.1) is 0 Å². The van der Waals surface area contributed by atoms with Crippen LogP contribution in [0.4, 0.5) is 17.2 Å². The number of nitrogens with zero attached hydrogens (tertiary/aromatic N) is 2. The van der Waals surface area contributed by atoms with Crippen molar-refractivity contribution < 1.29 is 14.3 Å². The number of para-hydroxylation sites is 1. The first-order valence-corrected chi connectivity index (χ1v) is 8.85. The first-order chi connectivity index (χ1) is 13.6. The lowest BCUT2D eigenvalue weighted by molar-refractivity contribution is 0.102. The van der Waals surface area contributed by atoms with E-state index in [2.05, 4.69) is 20.6 Å². The van der Waals surface area contributed by atoms with Gasteiger partial charge in [-0.3, -0.25) is 4.79 Å². The van der Waals surface area contributed by atoms with E-state index in [1.165, 1.54) is 6.33 Å². The summed E-state index contributed by atoms with van der Waals surface area (Å²) in [5.41, 5.74) is 2.80. The van der Waals surface area contributed by atoms with Crippen molar-refractivity contribution >= 4 is 23.1 Å². The third kappa shape index (κ3) is 4.37. The molecule has 2 N–H and O–H groups in total. The number of rotatable bonds is 7. The first-order valence-electron chi connectivity index (χ1n) is 8.85. The van der Waals surface area contributed by atoms with Gasteiger partial charge in [0.2, 0.25) is 0 Å². The monoisotopic (exact) mass is 378 g/mol. The van der Waals surface area contributed by atoms with Crippen LogP contribution in [-0.2, 0) is 6.42 Å². The maximum Gasteiger partial charge on any atom is 0.274 e. The van der Waals surface area contributed by atoms with E-state index in [4.69, 9.17) is 9.47 Å². The predicted molar refractivity (Wildman–Crippen MR) is 109 cm³/mol. The van der Waals surface area contributed by atoms with Gasteiger partial charge in [0.15, 0.2) is 0 Å². The first kappa shape index (κ1) is 19.2. The predicted octanol–water partition coefficient (Wildman–Crippen LogP) is 4.05. The summed E-state index contributed by atoms with van der Waals surface area (Å²) in [6.07, 6.45) is 2.17. The van der Waals surface area contributed by atoms with Crippen LogP contribution < -0.4 is 20.1 Å². The second-order valence-electron chi connectivity index (χ2n) is 5.94. The van der Waals surface area contributed by atoms with Gasteiger partial charge in [0, 0.05) is 17.8 Å². The second-order valence-corrected chi connectivity index (χ2v) is 5.94. The van der Waals surface area contributed by atoms with Gasteiger partial charge in [-0.05, 0) is 30.2 Å². The molecule has 0 aliphatic carbocycles. The van der Waals surface area contributed by atoms with Gasteiger partial charge in [-0.25, -0.2) is 9.97 Å². The fraction of sp³-hybridized carbons (Fsp3) is 0.190. The molecule has 3 aromatic rings. The zero-order chi connectivity index (χ0) is 19.9. The van der Waals surface area contributed by atoms with Crippen LogP contribution in [0.15, 0.2) is 54.9 Å². The van der Waals surface area contributed by atoms with Gasteiger partial charge in [-0.1, -0.05) is 25.1 Å². The van der Waals surface area contributed by atoms with Crippen LogP contribution in [-0.4, -0.2) is 30.1 Å². The highest BCUT2D eigenvalue weighted by Crippen LogP contribution is 2.31. The van der Waals surface area contributed by atoms with Crippen molar-refractivity contribution in [3.05, 3.63) is 66.1 Å². The molecule has 7 heteroatoms. The Balaban J connectivity index is 1.80. The number of aryl methyl sites for hydroxylation is 1. The van der Waals surface area contributed by atoms with Crippen LogP contribution in [0.1, 0.15) is 23.0 Å². The smallest absolute Gasteiger partial charge is 0.274 e. The number of methoxy groups -OCH3 is 2. The number of nitrogens with one attached hydrogen (secondary N) is 2. The Labute approximate surface area is 163 Å². The number of amides is 1. The lowest BCUT2D eigenvalue weighted by atomic mass is 10.1. The summed E-state index contributed by atoms with van der Waals surface area (Å²) in [4.78, 5) is 20.9. The van der Waals surface area contributed by atoms with E-state index in [0.717, 1.165) is 17.7 Å². The van der Waals surface area contributed by atoms with E-state index in [0.29, 0.717) is 23.0 Å². The fourth-order valence-corrected chi connectivity index (χ4v) is 2.73. The molecule has 28 heavy (non-hydrogen) atoms. The Hall–Kier alpha value is -3.61. The highest BCUT2D eigenvalue weighted by atomic mass is 16.5. The van der Waals surface area contributed by atoms with Crippen LogP contribution in [0.5, 0.6) is 11.5 Å². The van der Waals surface area contributed by atoms with Gasteiger partial charge in [0.1, 0.15) is 29.3 Å². The number of ether oxygens (including phenoxy) is 2. The average molecular weight is 378 g/mol. The zero-order valence-electron chi connectivity index (χ0n) is 16.0. The Morgan fingerprint density at radius 3 is 2.57 bits per heavy atom. The van der Waals surface area contributed by atoms with E-state index >= 15 is 0 Å². The van der Waals surface area contributed by atoms with Crippen LogP contribution in [0.3, 0.4) is 0 Å². The van der Waals surface area contributed by atoms with Gasteiger partial charge in [0.05, 0.1) is 19.9 Å². The summed E-state index contributed by atoms with van der Waals surface area (Å²) < 4.78 is 10.6. The van der Waals surface area contributed by atoms with Crippen LogP contribution in [0.2, 0.25) is 0 Å². The quantitative estimate of drug-likeness (QED) is 0.645. The van der Waals surface area contributed by atoms with Crippen molar-refractivity contribution in [1.82, 2.24) is 9.97 Å². The van der Waals surface area contributed by atoms with Gasteiger partial charge < -0.3 is 20.1 Å². The Morgan fingerprint density at radius 2 is 1.82 bits per heavy atom. The molecule has 0 fully saturated rings. The molecule has 0 atom stereocenters. The summed E-state index contributed by atoms with van der Waals surface area (Å²) >= 11 is 0. The molecule has 1 amide bonds. The normalized spacial score (nSPS) is 10.2. The number of carbonyl (C=O) groups excluding carboxylic acids is 1. The molecule has 0 radical (unpaired) electrons. The molecule has 0 spiro atoms. The molecule has 2 aromatic carbocycles. The number of hydrogen-bond donors (Lipinski definition) is 2. The van der Waals surface area contributed by atoms with E-state index < -0.39 is 0 Å². The number of anilines is 3. The highest BCUT2D eigenvalue weighted by Gasteiger charge is 2.12. The molecule has 3 rings (SSSR count). The van der Waals surface area contributed by atoms with E-state index in [-0.39, 0.29) is 11.6 Å². The SMILES string of the molecule is CCc1ccccc1NC(=O)c1cc(Nc2ccc(OC)cc2OC)ncn1. The molecule has 0 bridgehead atoms. The number of hydrogen-bond acceptors (Lipinski definition) is 6. The molecule has 0 aliphatic heterocycles. The Morgan fingerprint density at radius 1 is 1.00 bits per heavy atom. The van der Waals surface area contributed by atoms with Crippen molar-refractivity contribution in [3.8, 4) is 11.5 Å². The van der Waals surface area contributed by atoms with E-state index in [1.54, 1.807) is 32.4 Å². The van der Waals surface area contributed by atoms with Crippen LogP contribution >= 0.6 is 0 Å². The lowest BCUT2D eigenvalue weighted by Crippen LogP contribution is -2.15. The second kappa shape index (κ2) is 8.85. The average Bonchev–Trinajstić information content (AvgIpc) is 2.74. The molecule has 144 valence electrons. The van der Waals surface area contributed by atoms with Gasteiger partial charge in [0.25, 0.3) is 5.91 Å². The lowest BCUT2D eigenvalue weighted by Gasteiger charge is -2.13. The molecule has 7 nitrogen and oxygen atoms in total. The maximum atomic E-state index is 12.6. The number of aromatic nitrogens is 2. The minimum Gasteiger partial charge on any atom is -0.497 e. The molecule has 1 heterocycles. The summed E-state index contributed by atoms with van der Waals surface area (Å²) in [5, 5.41) is 6.05. The molecule has 0 saturated carbocycles. The topological polar surface area (TPSA) is 85.4 Å². The summed E-state index contributed by atoms with van der Waals surface area (Å²) in [5.74, 6) is 1.46. The summed E-state index contributed by atoms with van der Waals surface area (Å²) in [6.45, 7) is 2.04. The molecular formula is C21H22N4O3. The maximum absolute atomic E-state index is 12.6. The van der Waals surface area contributed by atoms with Crippen molar-refractivity contribution in [1.29, 1.82) is 0 Å². The highest BCUT2D eigenvalue weighted by molar-refractivity contribution is 6.03. The number of carbonyl (C=O) groups is 1. The van der Waals surface area contributed by atoms with E-state index in [9.17, 15) is 4.79 Å². The summed E-state index contributed by atoms with van der Waals surface area (Å²) in [6, 6.07) is 14.7. The number of benzene rings is 2. The minimum absolute atomic E-state index is 0.260. The van der Waals surface area contributed by atoms with Crippen molar-refractivity contribution in [2.24, 2.45) is 0 Å². The van der Waals surface area contributed by atoms with Crippen LogP contribution in [0, 0.1) is 0 Å². The van der Waals surface area contributed by atoms with Gasteiger partial charge in [-0.2, -0.15) is 0 Å². The molecule has 0 aliphatic rings. The van der Waals surface area contributed by atoms with Crippen molar-refractivity contribution in [2.75, 3.05) is 24.9 Å². The standard InChI is InChI=1S/C21H22N4O3/c1-4-14-7-5-6-8-16(14)25-21(26)18-12-20(23-13-22-18)24-17-10-9-15(27-2)11-19(17)28-3/h5-13H,4H2,1-3H3,(H,25,26)(H,22,23,24). The molecule has 1 aromatic heterocycles.